The van der Waals surface area contributed by atoms with Gasteiger partial charge in [0, 0.05) is 18.6 Å². The Bertz CT molecular complexity index is 811. The lowest BCUT2D eigenvalue weighted by Crippen LogP contribution is -2.36. The van der Waals surface area contributed by atoms with Crippen molar-refractivity contribution in [3.8, 4) is 0 Å². The predicted molar refractivity (Wildman–Crippen MR) is 83.4 cm³/mol. The normalized spacial score (nSPS) is 25.7. The number of nitrogens with zero attached hydrogens (tertiary/aromatic N) is 3. The molecule has 0 bridgehead atoms. The zero-order valence-electron chi connectivity index (χ0n) is 12.9. The summed E-state index contributed by atoms with van der Waals surface area (Å²) in [6.07, 6.45) is -0.773. The van der Waals surface area contributed by atoms with Crippen LogP contribution >= 0.6 is 0 Å². The summed E-state index contributed by atoms with van der Waals surface area (Å²) in [5.41, 5.74) is 4.92. The van der Waals surface area contributed by atoms with Crippen LogP contribution in [0, 0.1) is 0 Å². The summed E-state index contributed by atoms with van der Waals surface area (Å²) in [5.74, 6) is -0.621. The number of nitrogens with two attached hydrogens (primary N) is 1. The molecule has 1 aliphatic rings. The Kier molecular flexibility index (Phi) is 4.74. The van der Waals surface area contributed by atoms with Gasteiger partial charge >= 0.3 is 11.7 Å². The number of ether oxygens (including phenoxy) is 2. The number of aliphatic hydroxyl groups excluding tert-OH is 2. The maximum atomic E-state index is 11.9. The number of pyridine rings is 1. The van der Waals surface area contributed by atoms with Crippen LogP contribution in [0.3, 0.4) is 0 Å². The van der Waals surface area contributed by atoms with E-state index in [0.29, 0.717) is 0 Å². The number of rotatable bonds is 4. The summed E-state index contributed by atoms with van der Waals surface area (Å²) in [5, 5.41) is 20.2. The molecule has 3 heterocycles. The van der Waals surface area contributed by atoms with Crippen LogP contribution in [0.25, 0.3) is 0 Å². The van der Waals surface area contributed by atoms with Crippen LogP contribution in [0.2, 0.25) is 0 Å². The molecule has 25 heavy (non-hydrogen) atoms. The van der Waals surface area contributed by atoms with Gasteiger partial charge in [0.05, 0.1) is 5.56 Å². The van der Waals surface area contributed by atoms with E-state index in [-0.39, 0.29) is 18.0 Å². The minimum absolute atomic E-state index is 0.0243. The number of aliphatic hydroxyl groups is 2. The minimum atomic E-state index is -1.40. The quantitative estimate of drug-likeness (QED) is 0.573. The number of hydrogen-bond donors (Lipinski definition) is 3. The fourth-order valence-corrected chi connectivity index (χ4v) is 2.44. The first-order valence-corrected chi connectivity index (χ1v) is 7.41. The largest absolute Gasteiger partial charge is 0.459 e. The fraction of sp³-hybridized carbons (Fsp3) is 0.333. The second-order valence-corrected chi connectivity index (χ2v) is 5.43. The average molecular weight is 348 g/mol. The highest BCUT2D eigenvalue weighted by Gasteiger charge is 2.44. The first kappa shape index (κ1) is 17.0. The lowest BCUT2D eigenvalue weighted by molar-refractivity contribution is -0.0598. The molecule has 0 radical (unpaired) electrons. The topological polar surface area (TPSA) is 150 Å². The molecule has 1 aliphatic heterocycles. The minimum Gasteiger partial charge on any atom is -0.459 e. The van der Waals surface area contributed by atoms with Crippen LogP contribution in [0.1, 0.15) is 16.6 Å². The molecule has 2 aromatic heterocycles. The molecule has 0 amide bonds. The smallest absolute Gasteiger partial charge is 0.351 e. The van der Waals surface area contributed by atoms with Crippen molar-refractivity contribution in [2.75, 3.05) is 12.3 Å². The van der Waals surface area contributed by atoms with E-state index in [1.807, 2.05) is 0 Å². The molecule has 0 unspecified atom stereocenters. The molecule has 1 fully saturated rings. The summed E-state index contributed by atoms with van der Waals surface area (Å²) >= 11 is 0. The summed E-state index contributed by atoms with van der Waals surface area (Å²) < 4.78 is 11.5. The molecule has 0 saturated carbocycles. The summed E-state index contributed by atoms with van der Waals surface area (Å²) in [4.78, 5) is 31.1. The van der Waals surface area contributed by atoms with E-state index in [0.717, 1.165) is 4.57 Å². The van der Waals surface area contributed by atoms with Gasteiger partial charge in [0.15, 0.2) is 6.23 Å². The molecular formula is C15H16N4O6. The molecule has 2 aromatic rings. The first-order valence-electron chi connectivity index (χ1n) is 7.41. The van der Waals surface area contributed by atoms with E-state index in [4.69, 9.17) is 15.2 Å². The number of nitrogen functional groups attached to an aromatic ring is 1. The third kappa shape index (κ3) is 3.50. The average Bonchev–Trinajstić information content (AvgIpc) is 2.89. The van der Waals surface area contributed by atoms with Gasteiger partial charge in [-0.3, -0.25) is 9.55 Å². The summed E-state index contributed by atoms with van der Waals surface area (Å²) in [7, 11) is 0. The van der Waals surface area contributed by atoms with E-state index in [2.05, 4.69) is 9.97 Å². The van der Waals surface area contributed by atoms with Crippen molar-refractivity contribution in [1.29, 1.82) is 0 Å². The van der Waals surface area contributed by atoms with Crippen LogP contribution in [0.5, 0.6) is 0 Å². The van der Waals surface area contributed by atoms with Crippen molar-refractivity contribution in [3.05, 3.63) is 52.8 Å². The SMILES string of the molecule is Nc1ccn([C@@H]2O[C@H](COC(=O)c3cccnc3)[C@@H](O)[C@@H]2O)c(=O)n1. The van der Waals surface area contributed by atoms with Crippen LogP contribution in [0.4, 0.5) is 5.82 Å². The van der Waals surface area contributed by atoms with Gasteiger partial charge in [0.25, 0.3) is 0 Å². The highest BCUT2D eigenvalue weighted by Crippen LogP contribution is 2.28. The van der Waals surface area contributed by atoms with Gasteiger partial charge < -0.3 is 25.4 Å². The number of anilines is 1. The highest BCUT2D eigenvalue weighted by molar-refractivity contribution is 5.88. The molecule has 0 aromatic carbocycles. The molecule has 3 rings (SSSR count). The van der Waals surface area contributed by atoms with Gasteiger partial charge in [-0.1, -0.05) is 0 Å². The van der Waals surface area contributed by atoms with Crippen molar-refractivity contribution in [3.63, 3.8) is 0 Å². The molecule has 4 N–H and O–H groups in total. The maximum Gasteiger partial charge on any atom is 0.351 e. The lowest BCUT2D eigenvalue weighted by Gasteiger charge is -2.16. The standard InChI is InChI=1S/C15H16N4O6/c16-10-3-5-19(15(23)18-10)13-12(21)11(20)9(25-13)7-24-14(22)8-2-1-4-17-6-8/h1-6,9,11-13,20-21H,7H2,(H2,16,18,23)/t9-,11-,12+,13-/m1/s1. The van der Waals surface area contributed by atoms with Gasteiger partial charge in [0.2, 0.25) is 0 Å². The van der Waals surface area contributed by atoms with Crippen molar-refractivity contribution in [1.82, 2.24) is 14.5 Å². The number of aromatic nitrogens is 3. The number of carbonyl (C=O) groups excluding carboxylic acids is 1. The first-order chi connectivity index (χ1) is 12.0. The molecule has 1 saturated heterocycles. The lowest BCUT2D eigenvalue weighted by atomic mass is 10.1. The van der Waals surface area contributed by atoms with E-state index in [1.165, 1.54) is 30.7 Å². The maximum absolute atomic E-state index is 11.9. The van der Waals surface area contributed by atoms with Gasteiger partial charge in [-0.25, -0.2) is 9.59 Å². The van der Waals surface area contributed by atoms with Crippen molar-refractivity contribution < 1.29 is 24.5 Å². The second kappa shape index (κ2) is 6.97. The molecule has 0 spiro atoms. The van der Waals surface area contributed by atoms with Crippen LogP contribution in [-0.2, 0) is 9.47 Å². The Hall–Kier alpha value is -2.82. The van der Waals surface area contributed by atoms with Crippen molar-refractivity contribution in [2.24, 2.45) is 0 Å². The molecular weight excluding hydrogens is 332 g/mol. The number of hydrogen-bond acceptors (Lipinski definition) is 9. The molecule has 10 heteroatoms. The van der Waals surface area contributed by atoms with Crippen LogP contribution < -0.4 is 11.4 Å². The van der Waals surface area contributed by atoms with Crippen molar-refractivity contribution in [2.45, 2.75) is 24.5 Å². The zero-order chi connectivity index (χ0) is 18.0. The summed E-state index contributed by atoms with van der Waals surface area (Å²) in [6.45, 7) is -0.306. The van der Waals surface area contributed by atoms with Gasteiger partial charge in [-0.2, -0.15) is 4.98 Å². The highest BCUT2D eigenvalue weighted by atomic mass is 16.6. The molecule has 4 atom stereocenters. The Morgan fingerprint density at radius 1 is 1.36 bits per heavy atom. The Balaban J connectivity index is 1.68. The van der Waals surface area contributed by atoms with Crippen LogP contribution in [0.15, 0.2) is 41.6 Å². The van der Waals surface area contributed by atoms with E-state index < -0.39 is 36.2 Å². The fourth-order valence-electron chi connectivity index (χ4n) is 2.44. The Labute approximate surface area is 141 Å². The molecule has 10 nitrogen and oxygen atoms in total. The Morgan fingerprint density at radius 3 is 2.84 bits per heavy atom. The second-order valence-electron chi connectivity index (χ2n) is 5.43. The third-order valence-electron chi connectivity index (χ3n) is 3.74. The predicted octanol–water partition coefficient (Wildman–Crippen LogP) is -1.30. The number of esters is 1. The van der Waals surface area contributed by atoms with Gasteiger partial charge in [-0.15, -0.1) is 0 Å². The third-order valence-corrected chi connectivity index (χ3v) is 3.74. The van der Waals surface area contributed by atoms with Gasteiger partial charge in [-0.05, 0) is 18.2 Å². The monoisotopic (exact) mass is 348 g/mol. The molecule has 0 aliphatic carbocycles. The van der Waals surface area contributed by atoms with E-state index in [1.54, 1.807) is 6.07 Å². The zero-order valence-corrected chi connectivity index (χ0v) is 12.9. The molecule has 132 valence electrons. The van der Waals surface area contributed by atoms with Gasteiger partial charge in [0.1, 0.15) is 30.7 Å². The van der Waals surface area contributed by atoms with Crippen LogP contribution in [-0.4, -0.2) is 55.6 Å². The number of carbonyl (C=O) groups is 1. The van der Waals surface area contributed by atoms with Crippen molar-refractivity contribution >= 4 is 11.8 Å². The van der Waals surface area contributed by atoms with E-state index in [9.17, 15) is 19.8 Å². The van der Waals surface area contributed by atoms with E-state index >= 15 is 0 Å². The Morgan fingerprint density at radius 2 is 2.16 bits per heavy atom. The summed E-state index contributed by atoms with van der Waals surface area (Å²) in [6, 6.07) is 4.47.